The van der Waals surface area contributed by atoms with Crippen molar-refractivity contribution in [3.8, 4) is 11.3 Å². The fraction of sp³-hybridized carbons (Fsp3) is 0.0769. The Kier molecular flexibility index (Phi) is 2.37. The van der Waals surface area contributed by atoms with Gasteiger partial charge in [0.15, 0.2) is 12.1 Å². The molecule has 0 amide bonds. The smallest absolute Gasteiger partial charge is 0.193 e. The van der Waals surface area contributed by atoms with Crippen LogP contribution in [0.2, 0.25) is 0 Å². The van der Waals surface area contributed by atoms with E-state index in [1.165, 1.54) is 0 Å². The number of carbonyl (C=O) groups is 1. The van der Waals surface area contributed by atoms with Gasteiger partial charge in [0.05, 0.1) is 5.69 Å². The molecule has 0 N–H and O–H groups in total. The largest absolute Gasteiger partial charge is 0.306 e. The second-order valence-corrected chi connectivity index (χ2v) is 3.99. The molecule has 0 radical (unpaired) electrons. The molecule has 3 aromatic rings. The Balaban J connectivity index is 2.21. The van der Waals surface area contributed by atoms with Crippen molar-refractivity contribution in [1.29, 1.82) is 0 Å². The van der Waals surface area contributed by atoms with Crippen LogP contribution < -0.4 is 0 Å². The maximum Gasteiger partial charge on any atom is 0.193 e. The summed E-state index contributed by atoms with van der Waals surface area (Å²) in [7, 11) is 0. The molecule has 3 heterocycles. The fourth-order valence-electron chi connectivity index (χ4n) is 1.86. The van der Waals surface area contributed by atoms with Gasteiger partial charge in [-0.15, -0.1) is 0 Å². The summed E-state index contributed by atoms with van der Waals surface area (Å²) in [6.45, 7) is 1.92. The van der Waals surface area contributed by atoms with Crippen LogP contribution >= 0.6 is 0 Å². The zero-order valence-corrected chi connectivity index (χ0v) is 9.74. The van der Waals surface area contributed by atoms with Crippen LogP contribution in [0.5, 0.6) is 0 Å². The number of imidazole rings is 1. The van der Waals surface area contributed by atoms with E-state index in [9.17, 15) is 4.79 Å². The van der Waals surface area contributed by atoms with Gasteiger partial charge in [0.25, 0.3) is 0 Å². The third-order valence-corrected chi connectivity index (χ3v) is 2.76. The molecule has 3 rings (SSSR count). The predicted octanol–water partition coefficient (Wildman–Crippen LogP) is 1.91. The predicted molar refractivity (Wildman–Crippen MR) is 66.3 cm³/mol. The minimum Gasteiger partial charge on any atom is -0.306 e. The van der Waals surface area contributed by atoms with Gasteiger partial charge in [0.2, 0.25) is 0 Å². The number of aryl methyl sites for hydroxylation is 1. The number of rotatable bonds is 2. The molecule has 5 heteroatoms. The van der Waals surface area contributed by atoms with Crippen LogP contribution in [-0.4, -0.2) is 25.6 Å². The fourth-order valence-corrected chi connectivity index (χ4v) is 1.86. The first kappa shape index (κ1) is 10.6. The molecule has 0 saturated carbocycles. The molecule has 0 aliphatic heterocycles. The van der Waals surface area contributed by atoms with E-state index in [4.69, 9.17) is 0 Å². The summed E-state index contributed by atoms with van der Waals surface area (Å²) in [6.07, 6.45) is 7.86. The molecule has 0 fully saturated rings. The number of aldehydes is 1. The average molecular weight is 238 g/mol. The average Bonchev–Trinajstić information content (AvgIpc) is 2.86. The first-order chi connectivity index (χ1) is 8.78. The number of hydrogen-bond acceptors (Lipinski definition) is 4. The highest BCUT2D eigenvalue weighted by atomic mass is 16.1. The van der Waals surface area contributed by atoms with Gasteiger partial charge in [-0.05, 0) is 24.6 Å². The quantitative estimate of drug-likeness (QED) is 0.640. The van der Waals surface area contributed by atoms with Crippen LogP contribution in [0, 0.1) is 6.92 Å². The van der Waals surface area contributed by atoms with Crippen LogP contribution in [-0.2, 0) is 0 Å². The Hall–Kier alpha value is -2.56. The molecule has 0 aliphatic carbocycles. The highest BCUT2D eigenvalue weighted by Gasteiger charge is 2.07. The van der Waals surface area contributed by atoms with E-state index in [0.717, 1.165) is 22.5 Å². The van der Waals surface area contributed by atoms with Gasteiger partial charge in [-0.1, -0.05) is 0 Å². The van der Waals surface area contributed by atoms with E-state index < -0.39 is 0 Å². The molecule has 0 aliphatic rings. The molecule has 18 heavy (non-hydrogen) atoms. The van der Waals surface area contributed by atoms with E-state index in [2.05, 4.69) is 15.0 Å². The lowest BCUT2D eigenvalue weighted by atomic mass is 10.1. The third-order valence-electron chi connectivity index (χ3n) is 2.76. The highest BCUT2D eigenvalue weighted by Crippen LogP contribution is 2.20. The number of fused-ring (bicyclic) bond motifs is 1. The molecule has 88 valence electrons. The molecule has 0 bridgehead atoms. The zero-order valence-electron chi connectivity index (χ0n) is 9.74. The molecule has 0 aromatic carbocycles. The minimum atomic E-state index is 0.196. The van der Waals surface area contributed by atoms with Crippen molar-refractivity contribution in [2.24, 2.45) is 0 Å². The van der Waals surface area contributed by atoms with Crippen molar-refractivity contribution in [2.75, 3.05) is 0 Å². The van der Waals surface area contributed by atoms with Crippen molar-refractivity contribution < 1.29 is 4.79 Å². The van der Waals surface area contributed by atoms with E-state index >= 15 is 0 Å². The summed E-state index contributed by atoms with van der Waals surface area (Å²) < 4.78 is 1.91. The Morgan fingerprint density at radius 3 is 3.00 bits per heavy atom. The number of carbonyl (C=O) groups excluding carboxylic acids is 1. The first-order valence-corrected chi connectivity index (χ1v) is 5.50. The maximum absolute atomic E-state index is 10.7. The van der Waals surface area contributed by atoms with Crippen molar-refractivity contribution in [2.45, 2.75) is 6.92 Å². The van der Waals surface area contributed by atoms with Gasteiger partial charge in [-0.3, -0.25) is 4.79 Å². The van der Waals surface area contributed by atoms with Gasteiger partial charge in [-0.2, -0.15) is 0 Å². The third kappa shape index (κ3) is 1.66. The summed E-state index contributed by atoms with van der Waals surface area (Å²) >= 11 is 0. The van der Waals surface area contributed by atoms with Crippen LogP contribution in [0.1, 0.15) is 16.2 Å². The molecule has 0 unspecified atom stereocenters. The lowest BCUT2D eigenvalue weighted by Crippen LogP contribution is -1.98. The van der Waals surface area contributed by atoms with Gasteiger partial charge in [0, 0.05) is 30.4 Å². The molecule has 0 atom stereocenters. The molecular weight excluding hydrogens is 228 g/mol. The molecular formula is C13H10N4O. The summed E-state index contributed by atoms with van der Waals surface area (Å²) in [6, 6.07) is 3.85. The van der Waals surface area contributed by atoms with Gasteiger partial charge < -0.3 is 4.40 Å². The van der Waals surface area contributed by atoms with E-state index in [1.807, 2.05) is 35.9 Å². The number of pyridine rings is 1. The number of nitrogens with zero attached hydrogens (tertiary/aromatic N) is 4. The van der Waals surface area contributed by atoms with Crippen molar-refractivity contribution in [1.82, 2.24) is 19.4 Å². The Labute approximate surface area is 103 Å². The second kappa shape index (κ2) is 4.03. The maximum atomic E-state index is 10.7. The Bertz CT molecular complexity index is 733. The molecule has 0 spiro atoms. The monoisotopic (exact) mass is 238 g/mol. The zero-order chi connectivity index (χ0) is 12.5. The van der Waals surface area contributed by atoms with E-state index in [0.29, 0.717) is 6.29 Å². The van der Waals surface area contributed by atoms with Crippen LogP contribution in [0.25, 0.3) is 16.9 Å². The summed E-state index contributed by atoms with van der Waals surface area (Å²) in [4.78, 5) is 23.1. The lowest BCUT2D eigenvalue weighted by molar-refractivity contribution is 0.111. The summed E-state index contributed by atoms with van der Waals surface area (Å²) in [5.74, 6) is 0.196. The summed E-state index contributed by atoms with van der Waals surface area (Å²) in [5.41, 5.74) is 3.51. The van der Waals surface area contributed by atoms with Crippen LogP contribution in [0.3, 0.4) is 0 Å². The second-order valence-electron chi connectivity index (χ2n) is 3.99. The van der Waals surface area contributed by atoms with E-state index in [1.54, 1.807) is 12.4 Å². The number of hydrogen-bond donors (Lipinski definition) is 0. The minimum absolute atomic E-state index is 0.196. The van der Waals surface area contributed by atoms with Crippen molar-refractivity contribution in [3.63, 3.8) is 0 Å². The highest BCUT2D eigenvalue weighted by molar-refractivity contribution is 5.72. The van der Waals surface area contributed by atoms with Crippen molar-refractivity contribution >= 4 is 11.9 Å². The standard InChI is InChI=1S/C13H10N4O/c1-9-6-15-11(8-18)16-13(9)10-2-3-12-14-4-5-17(12)7-10/h2-8H,1H3. The summed E-state index contributed by atoms with van der Waals surface area (Å²) in [5, 5.41) is 0. The Morgan fingerprint density at radius 2 is 2.17 bits per heavy atom. The van der Waals surface area contributed by atoms with Gasteiger partial charge in [0.1, 0.15) is 5.65 Å². The molecule has 5 nitrogen and oxygen atoms in total. The van der Waals surface area contributed by atoms with Crippen molar-refractivity contribution in [3.05, 3.63) is 48.3 Å². The molecule has 3 aromatic heterocycles. The van der Waals surface area contributed by atoms with E-state index in [-0.39, 0.29) is 5.82 Å². The SMILES string of the molecule is Cc1cnc(C=O)nc1-c1ccc2nccn2c1. The van der Waals surface area contributed by atoms with Gasteiger partial charge in [-0.25, -0.2) is 15.0 Å². The number of aromatic nitrogens is 4. The van der Waals surface area contributed by atoms with Crippen LogP contribution in [0.15, 0.2) is 36.9 Å². The normalized spacial score (nSPS) is 10.7. The van der Waals surface area contributed by atoms with Crippen LogP contribution in [0.4, 0.5) is 0 Å². The lowest BCUT2D eigenvalue weighted by Gasteiger charge is -2.05. The topological polar surface area (TPSA) is 60.2 Å². The first-order valence-electron chi connectivity index (χ1n) is 5.50. The molecule has 0 saturated heterocycles. The van der Waals surface area contributed by atoms with Gasteiger partial charge >= 0.3 is 0 Å². The Morgan fingerprint density at radius 1 is 1.28 bits per heavy atom.